The number of aromatic nitrogens is 2. The van der Waals surface area contributed by atoms with Crippen molar-refractivity contribution < 1.29 is 18.3 Å². The van der Waals surface area contributed by atoms with Crippen LogP contribution in [0.3, 0.4) is 0 Å². The Morgan fingerprint density at radius 2 is 2.10 bits per heavy atom. The van der Waals surface area contributed by atoms with Crippen molar-refractivity contribution in [3.8, 4) is 5.75 Å². The Hall–Kier alpha value is -2.96. The molecular formula is C23H27F2N3O2. The second kappa shape index (κ2) is 9.24. The van der Waals surface area contributed by atoms with Gasteiger partial charge in [-0.25, -0.2) is 4.98 Å². The van der Waals surface area contributed by atoms with Crippen LogP contribution >= 0.6 is 0 Å². The summed E-state index contributed by atoms with van der Waals surface area (Å²) in [6.45, 7) is 3.05. The summed E-state index contributed by atoms with van der Waals surface area (Å²) in [7, 11) is 1.52. The van der Waals surface area contributed by atoms with Gasteiger partial charge in [0.05, 0.1) is 17.4 Å². The van der Waals surface area contributed by atoms with Crippen molar-refractivity contribution in [1.29, 1.82) is 0 Å². The van der Waals surface area contributed by atoms with Crippen LogP contribution in [0.15, 0.2) is 35.9 Å². The first kappa shape index (κ1) is 21.7. The zero-order valence-electron chi connectivity index (χ0n) is 17.7. The van der Waals surface area contributed by atoms with Crippen LogP contribution in [0.1, 0.15) is 66.4 Å². The van der Waals surface area contributed by atoms with Gasteiger partial charge in [-0.3, -0.25) is 4.79 Å². The number of imidazole rings is 1. The number of ether oxygens (including phenoxy) is 1. The van der Waals surface area contributed by atoms with E-state index in [0.29, 0.717) is 30.4 Å². The highest BCUT2D eigenvalue weighted by Crippen LogP contribution is 2.41. The van der Waals surface area contributed by atoms with E-state index in [1.54, 1.807) is 12.1 Å². The highest BCUT2D eigenvalue weighted by Gasteiger charge is 2.34. The molecule has 1 N–H and O–H groups in total. The van der Waals surface area contributed by atoms with Crippen molar-refractivity contribution in [1.82, 2.24) is 14.9 Å². The second-order valence-corrected chi connectivity index (χ2v) is 6.95. The zero-order chi connectivity index (χ0) is 21.8. The summed E-state index contributed by atoms with van der Waals surface area (Å²) < 4.78 is 33.0. The Labute approximate surface area is 175 Å². The predicted octanol–water partition coefficient (Wildman–Crippen LogP) is 4.92. The number of hydrogen-bond donors (Lipinski definition) is 1. The minimum atomic E-state index is -2.97. The topological polar surface area (TPSA) is 56.1 Å². The average Bonchev–Trinajstić information content (AvgIpc) is 3.23. The third-order valence-corrected chi connectivity index (χ3v) is 5.19. The average molecular weight is 415 g/mol. The van der Waals surface area contributed by atoms with Crippen LogP contribution in [0.4, 0.5) is 8.78 Å². The molecular weight excluding hydrogens is 388 g/mol. The van der Waals surface area contributed by atoms with Gasteiger partial charge in [0, 0.05) is 31.0 Å². The summed E-state index contributed by atoms with van der Waals surface area (Å²) in [6.07, 6.45) is 8.27. The maximum Gasteiger partial charge on any atom is 0.387 e. The van der Waals surface area contributed by atoms with Crippen LogP contribution in [0.2, 0.25) is 0 Å². The maximum atomic E-state index is 13.1. The van der Waals surface area contributed by atoms with Crippen LogP contribution in [0.25, 0.3) is 6.08 Å². The van der Waals surface area contributed by atoms with Crippen molar-refractivity contribution in [3.05, 3.63) is 64.3 Å². The first-order chi connectivity index (χ1) is 14.5. The molecule has 160 valence electrons. The van der Waals surface area contributed by atoms with Gasteiger partial charge in [-0.15, -0.1) is 0 Å². The Kier molecular flexibility index (Phi) is 6.70. The number of amides is 1. The third-order valence-electron chi connectivity index (χ3n) is 5.19. The minimum absolute atomic E-state index is 0.0313. The highest BCUT2D eigenvalue weighted by molar-refractivity contribution is 5.96. The summed E-state index contributed by atoms with van der Waals surface area (Å²) in [5, 5.41) is 2.59. The van der Waals surface area contributed by atoms with Crippen molar-refractivity contribution in [2.75, 3.05) is 7.05 Å². The van der Waals surface area contributed by atoms with Gasteiger partial charge in [0.25, 0.3) is 5.91 Å². The Morgan fingerprint density at radius 1 is 1.33 bits per heavy atom. The fourth-order valence-corrected chi connectivity index (χ4v) is 4.08. The first-order valence-electron chi connectivity index (χ1n) is 10.2. The van der Waals surface area contributed by atoms with E-state index in [1.807, 2.05) is 26.8 Å². The molecule has 1 atom stereocenters. The molecule has 1 aromatic carbocycles. The second-order valence-electron chi connectivity index (χ2n) is 6.95. The molecule has 0 spiro atoms. The summed E-state index contributed by atoms with van der Waals surface area (Å²) in [4.78, 5) is 17.2. The predicted molar refractivity (Wildman–Crippen MR) is 113 cm³/mol. The van der Waals surface area contributed by atoms with Crippen LogP contribution in [0.5, 0.6) is 5.75 Å². The lowest BCUT2D eigenvalue weighted by atomic mass is 9.96. The first-order valence-corrected chi connectivity index (χ1v) is 10.2. The van der Waals surface area contributed by atoms with E-state index in [2.05, 4.69) is 22.0 Å². The van der Waals surface area contributed by atoms with Gasteiger partial charge in [-0.2, -0.15) is 8.78 Å². The fourth-order valence-electron chi connectivity index (χ4n) is 4.08. The lowest BCUT2D eigenvalue weighted by Crippen LogP contribution is -2.23. The molecule has 0 radical (unpaired) electrons. The van der Waals surface area contributed by atoms with Crippen LogP contribution < -0.4 is 10.1 Å². The number of fused-ring (bicyclic) bond motifs is 3. The molecule has 0 fully saturated rings. The molecule has 2 aromatic rings. The van der Waals surface area contributed by atoms with Crippen LogP contribution in [-0.4, -0.2) is 29.1 Å². The molecule has 0 saturated carbocycles. The molecule has 1 aliphatic carbocycles. The number of carbonyl (C=O) groups excluding carboxylic acids is 1. The number of allylic oxidation sites excluding steroid dienone is 3. The Balaban J connectivity index is 0.00000124. The van der Waals surface area contributed by atoms with E-state index in [1.165, 1.54) is 13.1 Å². The van der Waals surface area contributed by atoms with Gasteiger partial charge in [0.15, 0.2) is 0 Å². The molecule has 1 amide bonds. The van der Waals surface area contributed by atoms with E-state index in [-0.39, 0.29) is 17.7 Å². The van der Waals surface area contributed by atoms with E-state index in [9.17, 15) is 13.6 Å². The minimum Gasteiger partial charge on any atom is -0.434 e. The van der Waals surface area contributed by atoms with Gasteiger partial charge in [0.2, 0.25) is 0 Å². The molecule has 7 heteroatoms. The van der Waals surface area contributed by atoms with Gasteiger partial charge in [-0.05, 0) is 37.1 Å². The molecule has 30 heavy (non-hydrogen) atoms. The lowest BCUT2D eigenvalue weighted by Gasteiger charge is -2.22. The zero-order valence-corrected chi connectivity index (χ0v) is 17.7. The monoisotopic (exact) mass is 415 g/mol. The molecule has 5 nitrogen and oxygen atoms in total. The van der Waals surface area contributed by atoms with Crippen molar-refractivity contribution >= 4 is 12.0 Å². The smallest absolute Gasteiger partial charge is 0.387 e. The van der Waals surface area contributed by atoms with E-state index < -0.39 is 6.61 Å². The number of benzene rings is 1. The lowest BCUT2D eigenvalue weighted by molar-refractivity contribution is -0.0507. The number of aryl methyl sites for hydroxylation is 1. The number of nitrogens with one attached hydrogen (secondary N) is 1. The molecule has 2 heterocycles. The molecule has 0 bridgehead atoms. The number of halogens is 2. The number of carbonyl (C=O) groups is 1. The SMILES string of the molecule is CC.CNC(=O)c1cccc(OC(F)F)c1[C@H]1CCc2nc3c(n21)C=C(C)C=CC3. The summed E-state index contributed by atoms with van der Waals surface area (Å²) in [5.41, 5.74) is 3.84. The van der Waals surface area contributed by atoms with Crippen LogP contribution in [-0.2, 0) is 12.8 Å². The van der Waals surface area contributed by atoms with Gasteiger partial charge >= 0.3 is 6.61 Å². The largest absolute Gasteiger partial charge is 0.434 e. The van der Waals surface area contributed by atoms with Gasteiger partial charge in [-0.1, -0.05) is 32.1 Å². The quantitative estimate of drug-likeness (QED) is 0.771. The third kappa shape index (κ3) is 4.01. The van der Waals surface area contributed by atoms with E-state index >= 15 is 0 Å². The summed E-state index contributed by atoms with van der Waals surface area (Å²) in [5.74, 6) is 0.607. The van der Waals surface area contributed by atoms with Crippen molar-refractivity contribution in [2.45, 2.75) is 52.7 Å². The summed E-state index contributed by atoms with van der Waals surface area (Å²) >= 11 is 0. The number of hydrogen-bond acceptors (Lipinski definition) is 3. The molecule has 0 saturated heterocycles. The number of alkyl halides is 2. The standard InChI is InChI=1S/C21H21F2N3O2.C2H6/c1-12-5-3-7-14-16(11-12)26-15(9-10-18(26)25-14)19-13(20(27)24-2)6-4-8-17(19)28-21(22)23;1-2/h3-6,8,11,15,21H,7,9-10H2,1-2H3,(H,24,27);1-2H3/t15-;/m1./s1. The molecule has 2 aliphatic rings. The van der Waals surface area contributed by atoms with Crippen LogP contribution in [0, 0.1) is 0 Å². The number of nitrogens with zero attached hydrogens (tertiary/aromatic N) is 2. The number of rotatable bonds is 4. The van der Waals surface area contributed by atoms with Gasteiger partial charge < -0.3 is 14.6 Å². The Morgan fingerprint density at radius 3 is 2.80 bits per heavy atom. The maximum absolute atomic E-state index is 13.1. The molecule has 4 rings (SSSR count). The van der Waals surface area contributed by atoms with E-state index in [0.717, 1.165) is 22.8 Å². The Bertz CT molecular complexity index is 993. The fraction of sp³-hybridized carbons (Fsp3) is 0.391. The van der Waals surface area contributed by atoms with Crippen molar-refractivity contribution in [2.24, 2.45) is 0 Å². The molecule has 1 aromatic heterocycles. The normalized spacial score (nSPS) is 16.8. The summed E-state index contributed by atoms with van der Waals surface area (Å²) in [6, 6.07) is 4.40. The van der Waals surface area contributed by atoms with Crippen molar-refractivity contribution in [3.63, 3.8) is 0 Å². The highest BCUT2D eigenvalue weighted by atomic mass is 19.3. The molecule has 1 aliphatic heterocycles. The van der Waals surface area contributed by atoms with E-state index in [4.69, 9.17) is 9.72 Å². The van der Waals surface area contributed by atoms with Gasteiger partial charge in [0.1, 0.15) is 11.6 Å². The molecule has 0 unspecified atom stereocenters.